The standard InChI is InChI=1S/C15H23FN2O/c1-18(13-7-2-3-8-15(13)19)14(10-17)11-5-4-6-12(16)9-11/h4-6,9,13-15,19H,2-3,7-8,10,17H2,1H3. The van der Waals surface area contributed by atoms with Crippen LogP contribution in [0, 0.1) is 5.82 Å². The minimum atomic E-state index is -0.304. The van der Waals surface area contributed by atoms with E-state index in [2.05, 4.69) is 4.90 Å². The molecule has 0 bridgehead atoms. The van der Waals surface area contributed by atoms with Crippen LogP contribution in [0.25, 0.3) is 0 Å². The van der Waals surface area contributed by atoms with Crippen molar-refractivity contribution in [3.63, 3.8) is 0 Å². The first-order valence-corrected chi connectivity index (χ1v) is 6.99. The Morgan fingerprint density at radius 3 is 2.79 bits per heavy atom. The number of hydrogen-bond donors (Lipinski definition) is 2. The first-order valence-electron chi connectivity index (χ1n) is 6.99. The van der Waals surface area contributed by atoms with Crippen molar-refractivity contribution in [2.45, 2.75) is 43.9 Å². The van der Waals surface area contributed by atoms with Crippen molar-refractivity contribution < 1.29 is 9.50 Å². The summed E-state index contributed by atoms with van der Waals surface area (Å²) < 4.78 is 13.3. The molecule has 1 aromatic rings. The van der Waals surface area contributed by atoms with Gasteiger partial charge in [-0.15, -0.1) is 0 Å². The number of halogens is 1. The smallest absolute Gasteiger partial charge is 0.123 e. The fourth-order valence-corrected chi connectivity index (χ4v) is 3.05. The van der Waals surface area contributed by atoms with Gasteiger partial charge < -0.3 is 10.8 Å². The van der Waals surface area contributed by atoms with Crippen LogP contribution in [0.15, 0.2) is 24.3 Å². The van der Waals surface area contributed by atoms with Crippen molar-refractivity contribution in [2.24, 2.45) is 5.73 Å². The molecule has 1 aromatic carbocycles. The van der Waals surface area contributed by atoms with E-state index in [0.29, 0.717) is 6.54 Å². The van der Waals surface area contributed by atoms with Gasteiger partial charge in [0.25, 0.3) is 0 Å². The summed E-state index contributed by atoms with van der Waals surface area (Å²) in [6.45, 7) is 0.420. The van der Waals surface area contributed by atoms with Crippen molar-refractivity contribution in [3.05, 3.63) is 35.6 Å². The molecule has 3 nitrogen and oxygen atoms in total. The number of aliphatic hydroxyl groups is 1. The molecule has 0 radical (unpaired) electrons. The lowest BCUT2D eigenvalue weighted by atomic mass is 9.90. The van der Waals surface area contributed by atoms with Crippen molar-refractivity contribution >= 4 is 0 Å². The Bertz CT molecular complexity index is 413. The summed E-state index contributed by atoms with van der Waals surface area (Å²) in [6.07, 6.45) is 3.73. The minimum absolute atomic E-state index is 0.0477. The van der Waals surface area contributed by atoms with Crippen LogP contribution in [-0.4, -0.2) is 35.7 Å². The van der Waals surface area contributed by atoms with Crippen LogP contribution in [-0.2, 0) is 0 Å². The average Bonchev–Trinajstić information content (AvgIpc) is 2.40. The molecule has 0 aliphatic heterocycles. The van der Waals surface area contributed by atoms with Crippen LogP contribution in [0.4, 0.5) is 4.39 Å². The quantitative estimate of drug-likeness (QED) is 0.877. The fourth-order valence-electron chi connectivity index (χ4n) is 3.05. The third-order valence-electron chi connectivity index (χ3n) is 4.17. The molecule has 3 atom stereocenters. The van der Waals surface area contributed by atoms with Gasteiger partial charge in [-0.1, -0.05) is 25.0 Å². The lowest BCUT2D eigenvalue weighted by Crippen LogP contribution is -2.46. The van der Waals surface area contributed by atoms with Gasteiger partial charge in [-0.3, -0.25) is 4.90 Å². The zero-order chi connectivity index (χ0) is 13.8. The molecule has 2 rings (SSSR count). The van der Waals surface area contributed by atoms with E-state index in [1.807, 2.05) is 13.1 Å². The molecule has 1 saturated carbocycles. The summed E-state index contributed by atoms with van der Waals surface area (Å²) in [5, 5.41) is 10.1. The SMILES string of the molecule is CN(C(CN)c1cccc(F)c1)C1CCCCC1O. The van der Waals surface area contributed by atoms with Gasteiger partial charge >= 0.3 is 0 Å². The Labute approximate surface area is 114 Å². The second-order valence-corrected chi connectivity index (χ2v) is 5.39. The van der Waals surface area contributed by atoms with E-state index in [4.69, 9.17) is 5.73 Å². The van der Waals surface area contributed by atoms with Gasteiger partial charge in [0, 0.05) is 18.6 Å². The number of rotatable bonds is 4. The molecule has 0 aromatic heterocycles. The molecular formula is C15H23FN2O. The Hall–Kier alpha value is -0.970. The topological polar surface area (TPSA) is 49.5 Å². The Morgan fingerprint density at radius 2 is 2.16 bits per heavy atom. The lowest BCUT2D eigenvalue weighted by molar-refractivity contribution is 0.0137. The van der Waals surface area contributed by atoms with Crippen LogP contribution >= 0.6 is 0 Å². The highest BCUT2D eigenvalue weighted by atomic mass is 19.1. The third-order valence-corrected chi connectivity index (χ3v) is 4.17. The van der Waals surface area contributed by atoms with Gasteiger partial charge in [0.2, 0.25) is 0 Å². The first-order chi connectivity index (χ1) is 9.13. The van der Waals surface area contributed by atoms with Crippen LogP contribution < -0.4 is 5.73 Å². The molecule has 1 fully saturated rings. The Balaban J connectivity index is 2.16. The molecule has 0 spiro atoms. The van der Waals surface area contributed by atoms with Crippen LogP contribution in [0.1, 0.15) is 37.3 Å². The summed E-state index contributed by atoms with van der Waals surface area (Å²) in [5.74, 6) is -0.242. The molecule has 0 amide bonds. The summed E-state index contributed by atoms with van der Waals surface area (Å²) >= 11 is 0. The third kappa shape index (κ3) is 3.32. The lowest BCUT2D eigenvalue weighted by Gasteiger charge is -2.39. The predicted octanol–water partition coefficient (Wildman–Crippen LogP) is 2.06. The van der Waals surface area contributed by atoms with Crippen molar-refractivity contribution in [1.29, 1.82) is 0 Å². The van der Waals surface area contributed by atoms with Crippen LogP contribution in [0.2, 0.25) is 0 Å². The highest BCUT2D eigenvalue weighted by molar-refractivity contribution is 5.21. The number of benzene rings is 1. The Kier molecular flexibility index (Phi) is 4.91. The molecule has 106 valence electrons. The molecule has 1 aliphatic rings. The zero-order valence-corrected chi connectivity index (χ0v) is 11.4. The highest BCUT2D eigenvalue weighted by Gasteiger charge is 2.30. The molecule has 4 heteroatoms. The van der Waals surface area contributed by atoms with E-state index in [-0.39, 0.29) is 24.0 Å². The summed E-state index contributed by atoms with van der Waals surface area (Å²) in [4.78, 5) is 2.11. The van der Waals surface area contributed by atoms with E-state index >= 15 is 0 Å². The van der Waals surface area contributed by atoms with E-state index in [0.717, 1.165) is 31.2 Å². The van der Waals surface area contributed by atoms with E-state index in [1.165, 1.54) is 12.1 Å². The van der Waals surface area contributed by atoms with Crippen molar-refractivity contribution in [1.82, 2.24) is 4.90 Å². The normalized spacial score (nSPS) is 25.5. The molecule has 3 unspecified atom stereocenters. The fraction of sp³-hybridized carbons (Fsp3) is 0.600. The molecule has 0 heterocycles. The monoisotopic (exact) mass is 266 g/mol. The van der Waals surface area contributed by atoms with Gasteiger partial charge in [-0.05, 0) is 37.6 Å². The van der Waals surface area contributed by atoms with Gasteiger partial charge in [-0.25, -0.2) is 4.39 Å². The molecule has 1 aliphatic carbocycles. The highest BCUT2D eigenvalue weighted by Crippen LogP contribution is 2.29. The second-order valence-electron chi connectivity index (χ2n) is 5.39. The molecule has 19 heavy (non-hydrogen) atoms. The maximum absolute atomic E-state index is 13.3. The summed E-state index contributed by atoms with van der Waals surface area (Å²) in [5.41, 5.74) is 6.74. The van der Waals surface area contributed by atoms with E-state index < -0.39 is 0 Å². The summed E-state index contributed by atoms with van der Waals surface area (Å²) in [7, 11) is 1.97. The van der Waals surface area contributed by atoms with Gasteiger partial charge in [0.15, 0.2) is 0 Å². The first kappa shape index (κ1) is 14.4. The summed E-state index contributed by atoms with van der Waals surface area (Å²) in [6, 6.07) is 6.64. The number of nitrogens with zero attached hydrogens (tertiary/aromatic N) is 1. The van der Waals surface area contributed by atoms with E-state index in [1.54, 1.807) is 6.07 Å². The largest absolute Gasteiger partial charge is 0.391 e. The van der Waals surface area contributed by atoms with Gasteiger partial charge in [0.05, 0.1) is 6.10 Å². The van der Waals surface area contributed by atoms with Crippen LogP contribution in [0.5, 0.6) is 0 Å². The Morgan fingerprint density at radius 1 is 1.42 bits per heavy atom. The number of hydrogen-bond acceptors (Lipinski definition) is 3. The van der Waals surface area contributed by atoms with Crippen molar-refractivity contribution in [3.8, 4) is 0 Å². The zero-order valence-electron chi connectivity index (χ0n) is 11.4. The average molecular weight is 266 g/mol. The van der Waals surface area contributed by atoms with E-state index in [9.17, 15) is 9.50 Å². The number of aliphatic hydroxyl groups excluding tert-OH is 1. The molecular weight excluding hydrogens is 243 g/mol. The van der Waals surface area contributed by atoms with Gasteiger partial charge in [-0.2, -0.15) is 0 Å². The maximum atomic E-state index is 13.3. The van der Waals surface area contributed by atoms with Crippen molar-refractivity contribution in [2.75, 3.05) is 13.6 Å². The number of likely N-dealkylation sites (N-methyl/N-ethyl adjacent to an activating group) is 1. The second kappa shape index (κ2) is 6.46. The minimum Gasteiger partial charge on any atom is -0.391 e. The van der Waals surface area contributed by atoms with Gasteiger partial charge in [0.1, 0.15) is 5.82 Å². The predicted molar refractivity (Wildman–Crippen MR) is 74.2 cm³/mol. The molecule has 0 saturated heterocycles. The number of nitrogens with two attached hydrogens (primary N) is 1. The molecule has 3 N–H and O–H groups in total. The van der Waals surface area contributed by atoms with Crippen LogP contribution in [0.3, 0.4) is 0 Å². The maximum Gasteiger partial charge on any atom is 0.123 e.